The van der Waals surface area contributed by atoms with E-state index in [1.165, 1.54) is 37.8 Å². The summed E-state index contributed by atoms with van der Waals surface area (Å²) in [6, 6.07) is -1.38. The second-order valence-corrected chi connectivity index (χ2v) is 7.55. The molecule has 160 valence electrons. The van der Waals surface area contributed by atoms with Gasteiger partial charge in [0.1, 0.15) is 6.04 Å². The van der Waals surface area contributed by atoms with Crippen molar-refractivity contribution < 1.29 is 13.2 Å². The van der Waals surface area contributed by atoms with E-state index in [1.807, 2.05) is 6.92 Å². The highest BCUT2D eigenvalue weighted by atomic mass is 127. The first-order valence-corrected chi connectivity index (χ1v) is 9.87. The Morgan fingerprint density at radius 1 is 1.04 bits per heavy atom. The van der Waals surface area contributed by atoms with E-state index in [1.54, 1.807) is 0 Å². The average Bonchev–Trinajstić information content (AvgIpc) is 3.10. The maximum absolute atomic E-state index is 12.9. The van der Waals surface area contributed by atoms with E-state index in [0.717, 1.165) is 25.6 Å². The maximum Gasteiger partial charge on any atom is 0.403 e. The number of piperazine rings is 1. The molecule has 5 nitrogen and oxygen atoms in total. The standard InChI is InChI=1S/C18H34F3N5.HI/c1-4-22-17(23-13-15(2)14-24-7-5-6-8-24)26-11-9-25(10-12-26)16(3)18(19,20)21;/h15-16H,4-14H2,1-3H3,(H,22,23);1H. The fourth-order valence-corrected chi connectivity index (χ4v) is 3.66. The van der Waals surface area contributed by atoms with Gasteiger partial charge in [0.05, 0.1) is 0 Å². The monoisotopic (exact) mass is 505 g/mol. The first-order valence-electron chi connectivity index (χ1n) is 9.87. The zero-order valence-corrected chi connectivity index (χ0v) is 19.1. The molecule has 0 bridgehead atoms. The van der Waals surface area contributed by atoms with E-state index in [0.29, 0.717) is 32.1 Å². The summed E-state index contributed by atoms with van der Waals surface area (Å²) in [6.07, 6.45) is -1.58. The number of nitrogens with one attached hydrogen (secondary N) is 1. The molecule has 1 N–H and O–H groups in total. The first-order chi connectivity index (χ1) is 12.3. The van der Waals surface area contributed by atoms with Gasteiger partial charge in [0.25, 0.3) is 0 Å². The normalized spacial score (nSPS) is 22.4. The first kappa shape index (κ1) is 24.7. The summed E-state index contributed by atoms with van der Waals surface area (Å²) < 4.78 is 38.7. The number of likely N-dealkylation sites (tertiary alicyclic amines) is 1. The van der Waals surface area contributed by atoms with Crippen LogP contribution in [0.5, 0.6) is 0 Å². The van der Waals surface area contributed by atoms with Crippen molar-refractivity contribution in [2.24, 2.45) is 10.9 Å². The molecule has 2 unspecified atom stereocenters. The highest BCUT2D eigenvalue weighted by Gasteiger charge is 2.41. The van der Waals surface area contributed by atoms with Crippen LogP contribution in [0, 0.1) is 5.92 Å². The van der Waals surface area contributed by atoms with Gasteiger partial charge in [-0.3, -0.25) is 9.89 Å². The molecular weight excluding hydrogens is 470 g/mol. The largest absolute Gasteiger partial charge is 0.403 e. The third-order valence-electron chi connectivity index (χ3n) is 5.29. The second kappa shape index (κ2) is 11.6. The molecule has 27 heavy (non-hydrogen) atoms. The van der Waals surface area contributed by atoms with Gasteiger partial charge in [0.2, 0.25) is 0 Å². The van der Waals surface area contributed by atoms with Crippen LogP contribution in [0.1, 0.15) is 33.6 Å². The van der Waals surface area contributed by atoms with Gasteiger partial charge in [0.15, 0.2) is 5.96 Å². The molecule has 0 aliphatic carbocycles. The summed E-state index contributed by atoms with van der Waals surface area (Å²) in [5.74, 6) is 1.31. The number of rotatable bonds is 6. The Bertz CT molecular complexity index is 447. The minimum Gasteiger partial charge on any atom is -0.357 e. The van der Waals surface area contributed by atoms with Crippen molar-refractivity contribution in [3.63, 3.8) is 0 Å². The van der Waals surface area contributed by atoms with E-state index < -0.39 is 12.2 Å². The molecular formula is C18H35F3IN5. The lowest BCUT2D eigenvalue weighted by Crippen LogP contribution is -2.56. The van der Waals surface area contributed by atoms with E-state index in [-0.39, 0.29) is 24.0 Å². The summed E-state index contributed by atoms with van der Waals surface area (Å²) >= 11 is 0. The van der Waals surface area contributed by atoms with Crippen LogP contribution in [0.3, 0.4) is 0 Å². The lowest BCUT2D eigenvalue weighted by atomic mass is 10.2. The van der Waals surface area contributed by atoms with Gasteiger partial charge < -0.3 is 15.1 Å². The fourth-order valence-electron chi connectivity index (χ4n) is 3.66. The number of aliphatic imine (C=N–C) groups is 1. The molecule has 0 aromatic carbocycles. The number of hydrogen-bond donors (Lipinski definition) is 1. The fraction of sp³-hybridized carbons (Fsp3) is 0.944. The van der Waals surface area contributed by atoms with Gasteiger partial charge in [-0.15, -0.1) is 24.0 Å². The molecule has 2 rings (SSSR count). The summed E-state index contributed by atoms with van der Waals surface area (Å²) in [5.41, 5.74) is 0. The SMILES string of the molecule is CCNC(=NCC(C)CN1CCCC1)N1CCN(C(C)C(F)(F)F)CC1.I. The van der Waals surface area contributed by atoms with E-state index >= 15 is 0 Å². The topological polar surface area (TPSA) is 34.1 Å². The van der Waals surface area contributed by atoms with Crippen LogP contribution < -0.4 is 5.32 Å². The Kier molecular flexibility index (Phi) is 10.7. The zero-order valence-electron chi connectivity index (χ0n) is 16.8. The second-order valence-electron chi connectivity index (χ2n) is 7.55. The smallest absolute Gasteiger partial charge is 0.357 e. The van der Waals surface area contributed by atoms with Gasteiger partial charge >= 0.3 is 6.18 Å². The molecule has 0 aromatic heterocycles. The van der Waals surface area contributed by atoms with E-state index in [4.69, 9.17) is 4.99 Å². The molecule has 2 heterocycles. The molecule has 0 aromatic rings. The van der Waals surface area contributed by atoms with Gasteiger partial charge in [-0.1, -0.05) is 6.92 Å². The molecule has 0 spiro atoms. The highest BCUT2D eigenvalue weighted by Crippen LogP contribution is 2.25. The molecule has 0 radical (unpaired) electrons. The molecule has 2 aliphatic heterocycles. The van der Waals surface area contributed by atoms with Crippen LogP contribution in [0.15, 0.2) is 4.99 Å². The van der Waals surface area contributed by atoms with Crippen molar-refractivity contribution in [2.75, 3.05) is 58.9 Å². The van der Waals surface area contributed by atoms with Crippen LogP contribution in [0.2, 0.25) is 0 Å². The predicted octanol–water partition coefficient (Wildman–Crippen LogP) is 2.87. The number of guanidine groups is 1. The van der Waals surface area contributed by atoms with E-state index in [2.05, 4.69) is 22.0 Å². The predicted molar refractivity (Wildman–Crippen MR) is 115 cm³/mol. The Morgan fingerprint density at radius 3 is 2.15 bits per heavy atom. The van der Waals surface area contributed by atoms with Gasteiger partial charge in [-0.05, 0) is 45.7 Å². The van der Waals surface area contributed by atoms with Crippen molar-refractivity contribution >= 4 is 29.9 Å². The lowest BCUT2D eigenvalue weighted by molar-refractivity contribution is -0.181. The summed E-state index contributed by atoms with van der Waals surface area (Å²) in [7, 11) is 0. The molecule has 0 amide bonds. The van der Waals surface area contributed by atoms with Crippen molar-refractivity contribution in [3.8, 4) is 0 Å². The summed E-state index contributed by atoms with van der Waals surface area (Å²) in [6.45, 7) is 12.4. The zero-order chi connectivity index (χ0) is 19.2. The number of alkyl halides is 3. The lowest BCUT2D eigenvalue weighted by Gasteiger charge is -2.39. The minimum atomic E-state index is -4.16. The summed E-state index contributed by atoms with van der Waals surface area (Å²) in [4.78, 5) is 10.9. The third-order valence-corrected chi connectivity index (χ3v) is 5.29. The average molecular weight is 505 g/mol. The van der Waals surface area contributed by atoms with Crippen molar-refractivity contribution in [2.45, 2.75) is 45.8 Å². The van der Waals surface area contributed by atoms with Crippen LogP contribution >= 0.6 is 24.0 Å². The molecule has 2 atom stereocenters. The summed E-state index contributed by atoms with van der Waals surface area (Å²) in [5, 5.41) is 3.30. The molecule has 2 saturated heterocycles. The van der Waals surface area contributed by atoms with Gasteiger partial charge in [-0.2, -0.15) is 13.2 Å². The quantitative estimate of drug-likeness (QED) is 0.342. The van der Waals surface area contributed by atoms with Crippen LogP contribution in [0.25, 0.3) is 0 Å². The van der Waals surface area contributed by atoms with Gasteiger partial charge in [-0.25, -0.2) is 0 Å². The third kappa shape index (κ3) is 7.92. The van der Waals surface area contributed by atoms with Crippen LogP contribution in [-0.2, 0) is 0 Å². The Balaban J connectivity index is 0.00000364. The van der Waals surface area contributed by atoms with Crippen LogP contribution in [-0.4, -0.2) is 91.8 Å². The van der Waals surface area contributed by atoms with Crippen molar-refractivity contribution in [3.05, 3.63) is 0 Å². The minimum absolute atomic E-state index is 0. The number of hydrogen-bond acceptors (Lipinski definition) is 3. The Labute approximate surface area is 178 Å². The van der Waals surface area contributed by atoms with E-state index in [9.17, 15) is 13.2 Å². The number of nitrogens with zero attached hydrogens (tertiary/aromatic N) is 4. The molecule has 2 aliphatic rings. The van der Waals surface area contributed by atoms with Crippen molar-refractivity contribution in [1.82, 2.24) is 20.0 Å². The Hall–Kier alpha value is -0.290. The molecule has 2 fully saturated rings. The van der Waals surface area contributed by atoms with Crippen molar-refractivity contribution in [1.29, 1.82) is 0 Å². The maximum atomic E-state index is 12.9. The molecule has 0 saturated carbocycles. The highest BCUT2D eigenvalue weighted by molar-refractivity contribution is 14.0. The number of halogens is 4. The van der Waals surface area contributed by atoms with Crippen LogP contribution in [0.4, 0.5) is 13.2 Å². The molecule has 9 heteroatoms. The van der Waals surface area contributed by atoms with Gasteiger partial charge in [0, 0.05) is 45.8 Å². The Morgan fingerprint density at radius 2 is 1.63 bits per heavy atom.